The Balaban J connectivity index is 1.56. The zero-order chi connectivity index (χ0) is 14.9. The molecule has 0 aromatic heterocycles. The van der Waals surface area contributed by atoms with E-state index in [1.165, 1.54) is 25.7 Å². The first-order chi connectivity index (χ1) is 10.1. The van der Waals surface area contributed by atoms with Crippen LogP contribution in [0, 0.1) is 17.8 Å². The lowest BCUT2D eigenvalue weighted by Gasteiger charge is -2.21. The maximum Gasteiger partial charge on any atom is 0.215 e. The number of fused-ring (bicyclic) bond motifs is 2. The zero-order valence-corrected chi connectivity index (χ0v) is 13.1. The average molecular weight is 308 g/mol. The second kappa shape index (κ2) is 6.07. The lowest BCUT2D eigenvalue weighted by molar-refractivity contribution is 0.332. The fourth-order valence-corrected chi connectivity index (χ4v) is 5.17. The topological polar surface area (TPSA) is 72.2 Å². The lowest BCUT2D eigenvalue weighted by Crippen LogP contribution is -2.32. The molecular formula is C16H24N2O2S. The van der Waals surface area contributed by atoms with E-state index in [4.69, 9.17) is 5.73 Å². The third-order valence-electron chi connectivity index (χ3n) is 5.03. The smallest absolute Gasteiger partial charge is 0.215 e. The first-order valence-electron chi connectivity index (χ1n) is 7.81. The SMILES string of the molecule is NCc1cccc(CS(=O)(=O)NCC2CC3CCC2C3)c1. The Morgan fingerprint density at radius 3 is 2.67 bits per heavy atom. The molecule has 3 unspecified atom stereocenters. The minimum atomic E-state index is -3.25. The van der Waals surface area contributed by atoms with Crippen LogP contribution in [0.3, 0.4) is 0 Å². The van der Waals surface area contributed by atoms with Crippen molar-refractivity contribution in [3.05, 3.63) is 35.4 Å². The second-order valence-corrected chi connectivity index (χ2v) is 8.37. The van der Waals surface area contributed by atoms with Gasteiger partial charge < -0.3 is 5.73 Å². The van der Waals surface area contributed by atoms with Crippen LogP contribution in [0.5, 0.6) is 0 Å². The van der Waals surface area contributed by atoms with Crippen molar-refractivity contribution in [2.75, 3.05) is 6.54 Å². The van der Waals surface area contributed by atoms with Crippen LogP contribution in [0.25, 0.3) is 0 Å². The van der Waals surface area contributed by atoms with Gasteiger partial charge in [-0.1, -0.05) is 30.7 Å². The molecule has 5 heteroatoms. The quantitative estimate of drug-likeness (QED) is 0.844. The molecule has 0 spiro atoms. The predicted octanol–water partition coefficient (Wildman–Crippen LogP) is 2.00. The third-order valence-corrected chi connectivity index (χ3v) is 6.35. The fraction of sp³-hybridized carbons (Fsp3) is 0.625. The summed E-state index contributed by atoms with van der Waals surface area (Å²) in [5, 5.41) is 0. The molecule has 0 radical (unpaired) electrons. The Kier molecular flexibility index (Phi) is 4.33. The summed E-state index contributed by atoms with van der Waals surface area (Å²) in [7, 11) is -3.25. The molecule has 21 heavy (non-hydrogen) atoms. The van der Waals surface area contributed by atoms with Gasteiger partial charge in [0, 0.05) is 13.1 Å². The minimum Gasteiger partial charge on any atom is -0.326 e. The van der Waals surface area contributed by atoms with Gasteiger partial charge >= 0.3 is 0 Å². The molecule has 1 aromatic rings. The highest BCUT2D eigenvalue weighted by atomic mass is 32.2. The zero-order valence-electron chi connectivity index (χ0n) is 12.3. The van der Waals surface area contributed by atoms with Gasteiger partial charge in [0.1, 0.15) is 0 Å². The first-order valence-corrected chi connectivity index (χ1v) is 9.46. The highest BCUT2D eigenvalue weighted by molar-refractivity contribution is 7.88. The Morgan fingerprint density at radius 1 is 1.19 bits per heavy atom. The summed E-state index contributed by atoms with van der Waals surface area (Å²) in [6.07, 6.45) is 5.15. The maximum atomic E-state index is 12.2. The van der Waals surface area contributed by atoms with Crippen molar-refractivity contribution in [3.8, 4) is 0 Å². The Hall–Kier alpha value is -0.910. The molecule has 0 aliphatic heterocycles. The van der Waals surface area contributed by atoms with Crippen LogP contribution in [-0.4, -0.2) is 15.0 Å². The number of rotatable bonds is 6. The third kappa shape index (κ3) is 3.65. The van der Waals surface area contributed by atoms with Crippen molar-refractivity contribution in [1.29, 1.82) is 0 Å². The van der Waals surface area contributed by atoms with E-state index in [0.717, 1.165) is 23.0 Å². The number of nitrogens with two attached hydrogens (primary N) is 1. The number of nitrogens with one attached hydrogen (secondary N) is 1. The Morgan fingerprint density at radius 2 is 2.00 bits per heavy atom. The summed E-state index contributed by atoms with van der Waals surface area (Å²) in [6.45, 7) is 1.05. The van der Waals surface area contributed by atoms with Crippen LogP contribution < -0.4 is 10.5 Å². The van der Waals surface area contributed by atoms with Crippen molar-refractivity contribution in [2.45, 2.75) is 38.0 Å². The molecule has 4 nitrogen and oxygen atoms in total. The van der Waals surface area contributed by atoms with Crippen LogP contribution in [0.15, 0.2) is 24.3 Å². The number of hydrogen-bond donors (Lipinski definition) is 2. The van der Waals surface area contributed by atoms with Gasteiger partial charge in [-0.15, -0.1) is 0 Å². The molecule has 0 saturated heterocycles. The second-order valence-electron chi connectivity index (χ2n) is 6.57. The highest BCUT2D eigenvalue weighted by Gasteiger charge is 2.39. The average Bonchev–Trinajstić information content (AvgIpc) is 3.07. The van der Waals surface area contributed by atoms with Crippen molar-refractivity contribution < 1.29 is 8.42 Å². The molecule has 116 valence electrons. The predicted molar refractivity (Wildman–Crippen MR) is 83.9 cm³/mol. The molecule has 3 N–H and O–H groups in total. The van der Waals surface area contributed by atoms with Crippen molar-refractivity contribution in [2.24, 2.45) is 23.5 Å². The highest BCUT2D eigenvalue weighted by Crippen LogP contribution is 2.47. The van der Waals surface area contributed by atoms with Crippen LogP contribution in [0.4, 0.5) is 0 Å². The molecule has 2 saturated carbocycles. The Bertz CT molecular complexity index is 600. The first kappa shape index (κ1) is 15.0. The molecule has 1 aromatic carbocycles. The van der Waals surface area contributed by atoms with E-state index >= 15 is 0 Å². The van der Waals surface area contributed by atoms with Gasteiger partial charge in [-0.2, -0.15) is 0 Å². The minimum absolute atomic E-state index is 0.0433. The van der Waals surface area contributed by atoms with E-state index in [2.05, 4.69) is 4.72 Å². The van der Waals surface area contributed by atoms with Gasteiger partial charge in [-0.05, 0) is 48.1 Å². The van der Waals surface area contributed by atoms with Gasteiger partial charge in [0.05, 0.1) is 5.75 Å². The van der Waals surface area contributed by atoms with Gasteiger partial charge in [-0.3, -0.25) is 0 Å². The number of hydrogen-bond acceptors (Lipinski definition) is 3. The largest absolute Gasteiger partial charge is 0.326 e. The van der Waals surface area contributed by atoms with Gasteiger partial charge in [-0.25, -0.2) is 13.1 Å². The van der Waals surface area contributed by atoms with Crippen molar-refractivity contribution in [1.82, 2.24) is 4.72 Å². The molecule has 0 amide bonds. The van der Waals surface area contributed by atoms with Crippen LogP contribution in [0.1, 0.15) is 36.8 Å². The van der Waals surface area contributed by atoms with E-state index < -0.39 is 10.0 Å². The standard InChI is InChI=1S/C16H24N2O2S/c17-9-13-2-1-3-14(6-13)11-21(19,20)18-10-16-8-12-4-5-15(16)7-12/h1-3,6,12,15-16,18H,4-5,7-11,17H2. The molecule has 2 aliphatic carbocycles. The fourth-order valence-electron chi connectivity index (χ4n) is 3.98. The molecule has 3 rings (SSSR count). The van der Waals surface area contributed by atoms with Crippen LogP contribution in [0.2, 0.25) is 0 Å². The molecule has 2 bridgehead atoms. The summed E-state index contributed by atoms with van der Waals surface area (Å²) < 4.78 is 27.3. The molecule has 2 aliphatic rings. The van der Waals surface area contributed by atoms with E-state index in [0.29, 0.717) is 19.0 Å². The van der Waals surface area contributed by atoms with Crippen molar-refractivity contribution in [3.63, 3.8) is 0 Å². The number of sulfonamides is 1. The Labute approximate surface area is 127 Å². The number of benzene rings is 1. The van der Waals surface area contributed by atoms with E-state index in [-0.39, 0.29) is 5.75 Å². The van der Waals surface area contributed by atoms with Crippen LogP contribution in [-0.2, 0) is 22.3 Å². The molecular weight excluding hydrogens is 284 g/mol. The monoisotopic (exact) mass is 308 g/mol. The summed E-state index contributed by atoms with van der Waals surface area (Å²) >= 11 is 0. The molecule has 2 fully saturated rings. The van der Waals surface area contributed by atoms with Gasteiger partial charge in [0.25, 0.3) is 0 Å². The van der Waals surface area contributed by atoms with E-state index in [1.807, 2.05) is 24.3 Å². The molecule has 3 atom stereocenters. The van der Waals surface area contributed by atoms with Crippen molar-refractivity contribution >= 4 is 10.0 Å². The van der Waals surface area contributed by atoms with Gasteiger partial charge in [0.15, 0.2) is 0 Å². The summed E-state index contributed by atoms with van der Waals surface area (Å²) in [6, 6.07) is 7.49. The summed E-state index contributed by atoms with van der Waals surface area (Å²) in [5.41, 5.74) is 7.37. The lowest BCUT2D eigenvalue weighted by atomic mass is 9.89. The molecule has 0 heterocycles. The summed E-state index contributed by atoms with van der Waals surface area (Å²) in [5.74, 6) is 2.19. The van der Waals surface area contributed by atoms with E-state index in [9.17, 15) is 8.42 Å². The van der Waals surface area contributed by atoms with E-state index in [1.54, 1.807) is 0 Å². The normalized spacial score (nSPS) is 28.1. The van der Waals surface area contributed by atoms with Crippen LogP contribution >= 0.6 is 0 Å². The maximum absolute atomic E-state index is 12.2. The summed E-state index contributed by atoms with van der Waals surface area (Å²) in [4.78, 5) is 0. The van der Waals surface area contributed by atoms with Gasteiger partial charge in [0.2, 0.25) is 10.0 Å².